The third-order valence-corrected chi connectivity index (χ3v) is 7.49. The molecule has 2 fully saturated rings. The molecular weight excluding hydrogens is 430 g/mol. The Labute approximate surface area is 184 Å². The summed E-state index contributed by atoms with van der Waals surface area (Å²) in [6.07, 6.45) is 5.12. The third kappa shape index (κ3) is 4.72. The molecule has 0 heterocycles. The lowest BCUT2D eigenvalue weighted by Gasteiger charge is -2.42. The summed E-state index contributed by atoms with van der Waals surface area (Å²) in [4.78, 5) is 0. The minimum Gasteiger partial charge on any atom is -0.402 e. The molecule has 2 aliphatic carbocycles. The highest BCUT2D eigenvalue weighted by Gasteiger charge is 2.37. The molecule has 1 nitrogen and oxygen atoms in total. The van der Waals surface area contributed by atoms with Crippen molar-refractivity contribution in [2.24, 2.45) is 17.8 Å². The lowest BCUT2D eigenvalue weighted by Crippen LogP contribution is -2.30. The van der Waals surface area contributed by atoms with Crippen LogP contribution < -0.4 is 4.74 Å². The van der Waals surface area contributed by atoms with Gasteiger partial charge in [-0.3, -0.25) is 0 Å². The summed E-state index contributed by atoms with van der Waals surface area (Å²) in [5, 5.41) is -0.807. The largest absolute Gasteiger partial charge is 0.573 e. The number of hydrogen-bond acceptors (Lipinski definition) is 1. The van der Waals surface area contributed by atoms with Crippen LogP contribution in [0.2, 0.25) is 0 Å². The maximum Gasteiger partial charge on any atom is 0.573 e. The molecule has 32 heavy (non-hydrogen) atoms. The Morgan fingerprint density at radius 3 is 2.31 bits per heavy atom. The topological polar surface area (TPSA) is 9.23 Å². The average Bonchev–Trinajstić information content (AvgIpc) is 2.77. The molecule has 0 bridgehead atoms. The van der Waals surface area contributed by atoms with E-state index in [4.69, 9.17) is 0 Å². The number of alkyl halides is 3. The Morgan fingerprint density at radius 1 is 0.875 bits per heavy atom. The van der Waals surface area contributed by atoms with Gasteiger partial charge in [-0.25, -0.2) is 8.78 Å². The van der Waals surface area contributed by atoms with E-state index in [1.807, 2.05) is 0 Å². The predicted octanol–water partition coefficient (Wildman–Crippen LogP) is 8.65. The van der Waals surface area contributed by atoms with E-state index >= 15 is 0 Å². The molecule has 0 amide bonds. The van der Waals surface area contributed by atoms with E-state index in [0.29, 0.717) is 11.8 Å². The number of rotatable bonds is 5. The van der Waals surface area contributed by atoms with Gasteiger partial charge in [0.05, 0.1) is 0 Å². The van der Waals surface area contributed by atoms with Gasteiger partial charge in [-0.05, 0) is 67.4 Å². The fourth-order valence-corrected chi connectivity index (χ4v) is 5.89. The van der Waals surface area contributed by atoms with Gasteiger partial charge in [0, 0.05) is 10.8 Å². The Kier molecular flexibility index (Phi) is 6.64. The third-order valence-electron chi connectivity index (χ3n) is 7.49. The Morgan fingerprint density at radius 2 is 1.59 bits per heavy atom. The molecule has 4 atom stereocenters. The van der Waals surface area contributed by atoms with Gasteiger partial charge in [-0.2, -0.15) is 4.39 Å². The molecule has 2 aliphatic rings. The smallest absolute Gasteiger partial charge is 0.402 e. The average molecular weight is 458 g/mol. The van der Waals surface area contributed by atoms with Crippen molar-refractivity contribution in [3.8, 4) is 5.75 Å². The maximum absolute atomic E-state index is 14.5. The van der Waals surface area contributed by atoms with Crippen LogP contribution in [0.3, 0.4) is 0 Å². The molecule has 2 aromatic rings. The Bertz CT molecular complexity index is 969. The van der Waals surface area contributed by atoms with Gasteiger partial charge in [-0.15, -0.1) is 13.2 Å². The van der Waals surface area contributed by atoms with Gasteiger partial charge in [-0.1, -0.05) is 44.7 Å². The van der Waals surface area contributed by atoms with Crippen molar-refractivity contribution < 1.29 is 31.1 Å². The summed E-state index contributed by atoms with van der Waals surface area (Å²) in [5.41, 5.74) is 0.756. The highest BCUT2D eigenvalue weighted by molar-refractivity contribution is 5.90. The van der Waals surface area contributed by atoms with Crippen molar-refractivity contribution in [1.29, 1.82) is 0 Å². The maximum atomic E-state index is 14.5. The molecule has 0 aromatic heterocycles. The van der Waals surface area contributed by atoms with E-state index in [1.54, 1.807) is 6.07 Å². The van der Waals surface area contributed by atoms with Gasteiger partial charge in [0.2, 0.25) is 5.82 Å². The Hall–Kier alpha value is -1.92. The van der Waals surface area contributed by atoms with Crippen molar-refractivity contribution in [2.75, 3.05) is 0 Å². The van der Waals surface area contributed by atoms with Gasteiger partial charge < -0.3 is 4.74 Å². The van der Waals surface area contributed by atoms with Gasteiger partial charge in [0.15, 0.2) is 17.4 Å². The van der Waals surface area contributed by atoms with Crippen molar-refractivity contribution in [3.05, 3.63) is 41.2 Å². The number of halogens is 6. The van der Waals surface area contributed by atoms with Crippen LogP contribution in [-0.4, -0.2) is 6.36 Å². The molecule has 0 saturated heterocycles. The van der Waals surface area contributed by atoms with Crippen LogP contribution >= 0.6 is 0 Å². The molecule has 2 aromatic carbocycles. The SMILES string of the molecule is CCCCC1CCC2CC(c3ccc4c(OC(F)(F)F)c(F)c(F)c(F)c4c3)CCC2C1. The fourth-order valence-electron chi connectivity index (χ4n) is 5.89. The van der Waals surface area contributed by atoms with Gasteiger partial charge in [0.25, 0.3) is 0 Å². The standard InChI is InChI=1S/C25H28F6O/c1-2-3-4-14-5-6-16-12-17(8-7-15(16)11-14)18-9-10-19-20(13-18)21(26)22(27)23(28)24(19)32-25(29,30)31/h9-10,13-17H,2-8,11-12H2,1H3. The van der Waals surface area contributed by atoms with Crippen molar-refractivity contribution in [3.63, 3.8) is 0 Å². The second kappa shape index (κ2) is 9.14. The second-order valence-electron chi connectivity index (χ2n) is 9.48. The minimum absolute atomic E-state index is 0.132. The molecule has 0 aliphatic heterocycles. The van der Waals surface area contributed by atoms with Crippen LogP contribution in [0.25, 0.3) is 10.8 Å². The zero-order chi connectivity index (χ0) is 23.0. The quantitative estimate of drug-likeness (QED) is 0.322. The van der Waals surface area contributed by atoms with Crippen LogP contribution in [0.1, 0.15) is 76.2 Å². The summed E-state index contributed by atoms with van der Waals surface area (Å²) < 4.78 is 84.3. The van der Waals surface area contributed by atoms with E-state index in [2.05, 4.69) is 11.7 Å². The number of benzene rings is 2. The van der Waals surface area contributed by atoms with Crippen LogP contribution in [0.4, 0.5) is 26.3 Å². The zero-order valence-electron chi connectivity index (χ0n) is 18.1. The molecule has 0 spiro atoms. The molecule has 2 saturated carbocycles. The number of unbranched alkanes of at least 4 members (excludes halogenated alkanes) is 1. The monoisotopic (exact) mass is 458 g/mol. The van der Waals surface area contributed by atoms with E-state index < -0.39 is 34.9 Å². The highest BCUT2D eigenvalue weighted by atomic mass is 19.4. The second-order valence-corrected chi connectivity index (χ2v) is 9.48. The molecule has 0 N–H and O–H groups in total. The Balaban J connectivity index is 1.57. The summed E-state index contributed by atoms with van der Waals surface area (Å²) in [6.45, 7) is 2.21. The van der Waals surface area contributed by atoms with Crippen molar-refractivity contribution in [1.82, 2.24) is 0 Å². The first-order chi connectivity index (χ1) is 15.2. The van der Waals surface area contributed by atoms with Crippen molar-refractivity contribution in [2.45, 2.75) is 77.0 Å². The molecule has 7 heteroatoms. The first kappa shape index (κ1) is 23.2. The zero-order valence-corrected chi connectivity index (χ0v) is 18.1. The summed E-state index contributed by atoms with van der Waals surface area (Å²) >= 11 is 0. The predicted molar refractivity (Wildman–Crippen MR) is 111 cm³/mol. The lowest BCUT2D eigenvalue weighted by molar-refractivity contribution is -0.275. The lowest BCUT2D eigenvalue weighted by atomic mass is 9.63. The highest BCUT2D eigenvalue weighted by Crippen LogP contribution is 2.49. The summed E-state index contributed by atoms with van der Waals surface area (Å²) in [5.74, 6) is -4.53. The molecule has 4 unspecified atom stereocenters. The minimum atomic E-state index is -5.22. The van der Waals surface area contributed by atoms with Crippen LogP contribution in [-0.2, 0) is 0 Å². The number of fused-ring (bicyclic) bond motifs is 2. The number of ether oxygens (including phenoxy) is 1. The van der Waals surface area contributed by atoms with Crippen LogP contribution in [0, 0.1) is 35.2 Å². The first-order valence-corrected chi connectivity index (χ1v) is 11.5. The van der Waals surface area contributed by atoms with Crippen LogP contribution in [0.15, 0.2) is 18.2 Å². The van der Waals surface area contributed by atoms with E-state index in [1.165, 1.54) is 50.7 Å². The molecule has 0 radical (unpaired) electrons. The van der Waals surface area contributed by atoms with Crippen molar-refractivity contribution >= 4 is 10.8 Å². The normalized spacial score (nSPS) is 26.2. The molecule has 4 rings (SSSR count). The van der Waals surface area contributed by atoms with E-state index in [0.717, 1.165) is 30.7 Å². The van der Waals surface area contributed by atoms with Crippen LogP contribution in [0.5, 0.6) is 5.75 Å². The van der Waals surface area contributed by atoms with E-state index in [9.17, 15) is 26.3 Å². The van der Waals surface area contributed by atoms with Gasteiger partial charge >= 0.3 is 6.36 Å². The first-order valence-electron chi connectivity index (χ1n) is 11.5. The van der Waals surface area contributed by atoms with Gasteiger partial charge in [0.1, 0.15) is 0 Å². The summed E-state index contributed by atoms with van der Waals surface area (Å²) in [6, 6.07) is 4.18. The van der Waals surface area contributed by atoms with E-state index in [-0.39, 0.29) is 11.3 Å². The summed E-state index contributed by atoms with van der Waals surface area (Å²) in [7, 11) is 0. The molecular formula is C25H28F6O. The fraction of sp³-hybridized carbons (Fsp3) is 0.600. The molecule has 176 valence electrons. The number of hydrogen-bond donors (Lipinski definition) is 0.